The van der Waals surface area contributed by atoms with E-state index in [9.17, 15) is 20.1 Å². The van der Waals surface area contributed by atoms with Crippen molar-refractivity contribution in [3.63, 3.8) is 0 Å². The molecule has 78 valence electrons. The number of hydrogen-bond acceptors (Lipinski definition) is 4. The van der Waals surface area contributed by atoms with E-state index in [1.807, 2.05) is 0 Å². The van der Waals surface area contributed by atoms with E-state index in [1.54, 1.807) is 13.8 Å². The molecule has 0 saturated heterocycles. The van der Waals surface area contributed by atoms with Crippen LogP contribution in [0.15, 0.2) is 0 Å². The number of carboxylic acids is 1. The normalized spacial score (nSPS) is 16.7. The third-order valence-electron chi connectivity index (χ3n) is 1.89. The Morgan fingerprint density at radius 2 is 1.69 bits per heavy atom. The largest absolute Gasteiger partial charge is 0.547 e. The first-order valence-electron chi connectivity index (χ1n) is 4.31. The van der Waals surface area contributed by atoms with Gasteiger partial charge in [0.05, 0.1) is 11.6 Å². The quantitative estimate of drug-likeness (QED) is 0.607. The van der Waals surface area contributed by atoms with E-state index in [2.05, 4.69) is 0 Å². The maximum Gasteiger partial charge on any atom is 0.101 e. The molecule has 0 fully saturated rings. The fourth-order valence-electron chi connectivity index (χ4n) is 0.967. The van der Waals surface area contributed by atoms with Gasteiger partial charge in [0.1, 0.15) is 5.60 Å². The molecule has 0 aromatic carbocycles. The molecule has 0 heterocycles. The molecule has 0 aromatic rings. The molecule has 0 aliphatic heterocycles. The standard InChI is InChI=1S/C9H18O4/c1-8(2,12)5-4-6-9(3,13)7(10)11/h12-13H,4-6H2,1-3H3,(H,10,11)/p-1/t9-/m0/s1. The van der Waals surface area contributed by atoms with Gasteiger partial charge < -0.3 is 20.1 Å². The van der Waals surface area contributed by atoms with E-state index in [-0.39, 0.29) is 6.42 Å². The summed E-state index contributed by atoms with van der Waals surface area (Å²) in [6.07, 6.45) is 1.00. The van der Waals surface area contributed by atoms with Gasteiger partial charge in [0.2, 0.25) is 0 Å². The first-order chi connectivity index (χ1) is 5.65. The van der Waals surface area contributed by atoms with Crippen molar-refractivity contribution in [2.45, 2.75) is 51.2 Å². The Kier molecular flexibility index (Phi) is 3.88. The maximum atomic E-state index is 10.4. The zero-order valence-corrected chi connectivity index (χ0v) is 8.33. The highest BCUT2D eigenvalue weighted by Crippen LogP contribution is 2.17. The molecular weight excluding hydrogens is 172 g/mol. The summed E-state index contributed by atoms with van der Waals surface area (Å²) in [6, 6.07) is 0. The fraction of sp³-hybridized carbons (Fsp3) is 0.889. The molecule has 2 N–H and O–H groups in total. The van der Waals surface area contributed by atoms with Gasteiger partial charge in [-0.25, -0.2) is 0 Å². The number of aliphatic carboxylic acids is 1. The monoisotopic (exact) mass is 189 g/mol. The highest BCUT2D eigenvalue weighted by molar-refractivity contribution is 5.74. The molecule has 13 heavy (non-hydrogen) atoms. The Bertz CT molecular complexity index is 179. The van der Waals surface area contributed by atoms with E-state index < -0.39 is 17.2 Å². The van der Waals surface area contributed by atoms with Gasteiger partial charge >= 0.3 is 0 Å². The molecule has 0 rings (SSSR count). The van der Waals surface area contributed by atoms with Crippen LogP contribution in [0.4, 0.5) is 0 Å². The van der Waals surface area contributed by atoms with E-state index in [0.29, 0.717) is 12.8 Å². The van der Waals surface area contributed by atoms with Crippen LogP contribution < -0.4 is 5.11 Å². The minimum atomic E-state index is -1.79. The average molecular weight is 189 g/mol. The van der Waals surface area contributed by atoms with Crippen LogP contribution >= 0.6 is 0 Å². The van der Waals surface area contributed by atoms with Crippen LogP contribution in [0.25, 0.3) is 0 Å². The molecule has 0 aromatic heterocycles. The molecule has 0 aliphatic rings. The molecule has 0 unspecified atom stereocenters. The Morgan fingerprint density at radius 3 is 2.00 bits per heavy atom. The van der Waals surface area contributed by atoms with Gasteiger partial charge in [-0.3, -0.25) is 0 Å². The minimum Gasteiger partial charge on any atom is -0.547 e. The third kappa shape index (κ3) is 5.60. The first-order valence-corrected chi connectivity index (χ1v) is 4.31. The summed E-state index contributed by atoms with van der Waals surface area (Å²) >= 11 is 0. The van der Waals surface area contributed by atoms with Crippen LogP contribution in [0.3, 0.4) is 0 Å². The topological polar surface area (TPSA) is 80.6 Å². The minimum absolute atomic E-state index is 0.0966. The molecule has 4 heteroatoms. The molecule has 0 radical (unpaired) electrons. The average Bonchev–Trinajstić information content (AvgIpc) is 1.82. The SMILES string of the molecule is CC(C)(O)CCC[C@](C)(O)C(=O)[O-]. The van der Waals surface area contributed by atoms with Crippen LogP contribution in [-0.2, 0) is 4.79 Å². The lowest BCUT2D eigenvalue weighted by Gasteiger charge is -2.25. The Balaban J connectivity index is 3.84. The third-order valence-corrected chi connectivity index (χ3v) is 1.89. The predicted molar refractivity (Wildman–Crippen MR) is 45.8 cm³/mol. The van der Waals surface area contributed by atoms with Gasteiger partial charge in [0.25, 0.3) is 0 Å². The number of carboxylic acid groups (broad SMARTS) is 1. The highest BCUT2D eigenvalue weighted by Gasteiger charge is 2.22. The smallest absolute Gasteiger partial charge is 0.101 e. The van der Waals surface area contributed by atoms with Crippen molar-refractivity contribution in [1.82, 2.24) is 0 Å². The van der Waals surface area contributed by atoms with Crippen molar-refractivity contribution in [1.29, 1.82) is 0 Å². The van der Waals surface area contributed by atoms with E-state index in [1.165, 1.54) is 6.92 Å². The van der Waals surface area contributed by atoms with E-state index >= 15 is 0 Å². The second kappa shape index (κ2) is 4.07. The lowest BCUT2D eigenvalue weighted by molar-refractivity contribution is -0.324. The molecule has 1 atom stereocenters. The van der Waals surface area contributed by atoms with Gasteiger partial charge in [0, 0.05) is 0 Å². The molecule has 0 bridgehead atoms. The Labute approximate surface area is 78.2 Å². The second-order valence-electron chi connectivity index (χ2n) is 4.23. The fourth-order valence-corrected chi connectivity index (χ4v) is 0.967. The van der Waals surface area contributed by atoms with Crippen LogP contribution in [0.2, 0.25) is 0 Å². The summed E-state index contributed by atoms with van der Waals surface area (Å²) in [4.78, 5) is 10.4. The number of aliphatic hydroxyl groups is 2. The van der Waals surface area contributed by atoms with Crippen molar-refractivity contribution in [3.05, 3.63) is 0 Å². The number of carbonyl (C=O) groups is 1. The second-order valence-corrected chi connectivity index (χ2v) is 4.23. The summed E-state index contributed by atoms with van der Waals surface area (Å²) in [5.74, 6) is -1.47. The van der Waals surface area contributed by atoms with Crippen molar-refractivity contribution in [2.75, 3.05) is 0 Å². The van der Waals surface area contributed by atoms with Crippen molar-refractivity contribution >= 4 is 5.97 Å². The highest BCUT2D eigenvalue weighted by atomic mass is 16.4. The van der Waals surface area contributed by atoms with Crippen LogP contribution in [-0.4, -0.2) is 27.4 Å². The van der Waals surface area contributed by atoms with Crippen molar-refractivity contribution in [3.8, 4) is 0 Å². The summed E-state index contributed by atoms with van der Waals surface area (Å²) in [7, 11) is 0. The van der Waals surface area contributed by atoms with E-state index in [0.717, 1.165) is 0 Å². The maximum absolute atomic E-state index is 10.4. The molecular formula is C9H17O4-. The zero-order chi connectivity index (χ0) is 10.7. The van der Waals surface area contributed by atoms with Gasteiger partial charge in [-0.1, -0.05) is 0 Å². The lowest BCUT2D eigenvalue weighted by atomic mass is 9.94. The molecule has 0 spiro atoms. The van der Waals surface area contributed by atoms with Crippen molar-refractivity contribution in [2.24, 2.45) is 0 Å². The summed E-state index contributed by atoms with van der Waals surface area (Å²) in [6.45, 7) is 4.48. The van der Waals surface area contributed by atoms with Crippen LogP contribution in [0.5, 0.6) is 0 Å². The predicted octanol–water partition coefficient (Wildman–Crippen LogP) is -0.572. The molecule has 4 nitrogen and oxygen atoms in total. The number of rotatable bonds is 5. The van der Waals surface area contributed by atoms with Crippen molar-refractivity contribution < 1.29 is 20.1 Å². The molecule has 0 aliphatic carbocycles. The summed E-state index contributed by atoms with van der Waals surface area (Å²) in [5, 5.41) is 28.9. The van der Waals surface area contributed by atoms with Crippen LogP contribution in [0, 0.1) is 0 Å². The Morgan fingerprint density at radius 1 is 1.23 bits per heavy atom. The molecule has 0 amide bonds. The van der Waals surface area contributed by atoms with Gasteiger partial charge in [-0.15, -0.1) is 0 Å². The Hall–Kier alpha value is -0.610. The van der Waals surface area contributed by atoms with E-state index in [4.69, 9.17) is 0 Å². The number of carbonyl (C=O) groups excluding carboxylic acids is 1. The summed E-state index contributed by atoms with van der Waals surface area (Å²) in [5.41, 5.74) is -2.60. The zero-order valence-electron chi connectivity index (χ0n) is 8.33. The lowest BCUT2D eigenvalue weighted by Crippen LogP contribution is -2.46. The number of hydrogen-bond donors (Lipinski definition) is 2. The first kappa shape index (κ1) is 12.4. The van der Waals surface area contributed by atoms with Gasteiger partial charge in [-0.2, -0.15) is 0 Å². The summed E-state index contributed by atoms with van der Waals surface area (Å²) < 4.78 is 0. The van der Waals surface area contributed by atoms with Gasteiger partial charge in [-0.05, 0) is 40.0 Å². The molecule has 0 saturated carbocycles. The van der Waals surface area contributed by atoms with Gasteiger partial charge in [0.15, 0.2) is 0 Å². The van der Waals surface area contributed by atoms with Crippen LogP contribution in [0.1, 0.15) is 40.0 Å².